The minimum Gasteiger partial charge on any atom is -0.496 e. The molecular formula is C23H26N2O4S. The van der Waals surface area contributed by atoms with E-state index >= 15 is 0 Å². The lowest BCUT2D eigenvalue weighted by molar-refractivity contribution is 0.102. The molecule has 0 aliphatic heterocycles. The first-order valence-corrected chi connectivity index (χ1v) is 11.2. The second-order valence-electron chi connectivity index (χ2n) is 7.01. The Balaban J connectivity index is 2.18. The van der Waals surface area contributed by atoms with Gasteiger partial charge in [-0.3, -0.25) is 4.79 Å². The maximum Gasteiger partial charge on any atom is 0.260 e. The maximum atomic E-state index is 13.5. The van der Waals surface area contributed by atoms with E-state index in [1.807, 2.05) is 18.4 Å². The summed E-state index contributed by atoms with van der Waals surface area (Å²) in [5.74, 6) is 0.280. The topological polar surface area (TPSA) is 77.4 Å². The van der Waals surface area contributed by atoms with E-state index in [9.17, 15) is 13.2 Å². The number of hydrogen-bond acceptors (Lipinski definition) is 4. The lowest BCUT2D eigenvalue weighted by Crippen LogP contribution is -2.18. The summed E-state index contributed by atoms with van der Waals surface area (Å²) in [6.45, 7) is 6.23. The van der Waals surface area contributed by atoms with E-state index in [2.05, 4.69) is 5.32 Å². The fraction of sp³-hybridized carbons (Fsp3) is 0.261. The van der Waals surface area contributed by atoms with Crippen molar-refractivity contribution >= 4 is 21.6 Å². The van der Waals surface area contributed by atoms with Gasteiger partial charge >= 0.3 is 0 Å². The highest BCUT2D eigenvalue weighted by atomic mass is 32.2. The number of carbonyl (C=O) groups excluding carboxylic acids is 1. The van der Waals surface area contributed by atoms with Crippen molar-refractivity contribution in [1.82, 2.24) is 4.57 Å². The van der Waals surface area contributed by atoms with Crippen molar-refractivity contribution in [2.24, 2.45) is 0 Å². The average molecular weight is 427 g/mol. The second-order valence-corrected chi connectivity index (χ2v) is 8.90. The van der Waals surface area contributed by atoms with Crippen molar-refractivity contribution in [1.29, 1.82) is 0 Å². The number of methoxy groups -OCH3 is 1. The van der Waals surface area contributed by atoms with Crippen LogP contribution in [0.25, 0.3) is 0 Å². The van der Waals surface area contributed by atoms with Gasteiger partial charge < -0.3 is 14.6 Å². The Morgan fingerprint density at radius 3 is 2.30 bits per heavy atom. The normalized spacial score (nSPS) is 11.3. The zero-order chi connectivity index (χ0) is 21.9. The van der Waals surface area contributed by atoms with Crippen LogP contribution >= 0.6 is 0 Å². The van der Waals surface area contributed by atoms with Crippen LogP contribution in [0.3, 0.4) is 0 Å². The molecule has 158 valence electrons. The summed E-state index contributed by atoms with van der Waals surface area (Å²) in [6.07, 6.45) is 0.789. The number of hydrogen-bond donors (Lipinski definition) is 1. The zero-order valence-electron chi connectivity index (χ0n) is 17.6. The molecule has 0 spiro atoms. The summed E-state index contributed by atoms with van der Waals surface area (Å²) in [4.78, 5) is 13.4. The fourth-order valence-corrected chi connectivity index (χ4v) is 5.23. The number of nitrogens with zero attached hydrogens (tertiary/aromatic N) is 1. The molecule has 3 rings (SSSR count). The third-order valence-electron chi connectivity index (χ3n) is 5.13. The number of sulfone groups is 1. The summed E-state index contributed by atoms with van der Waals surface area (Å²) < 4.78 is 34.1. The Labute approximate surface area is 177 Å². The van der Waals surface area contributed by atoms with Gasteiger partial charge in [-0.25, -0.2) is 8.42 Å². The number of rotatable bonds is 7. The van der Waals surface area contributed by atoms with Crippen LogP contribution in [0.5, 0.6) is 5.75 Å². The average Bonchev–Trinajstić information content (AvgIpc) is 2.99. The van der Waals surface area contributed by atoms with Gasteiger partial charge in [0.1, 0.15) is 16.5 Å². The minimum atomic E-state index is -3.83. The monoisotopic (exact) mass is 426 g/mol. The number of para-hydroxylation sites is 1. The molecule has 1 N–H and O–H groups in total. The first kappa shape index (κ1) is 21.6. The molecule has 0 aliphatic rings. The standard InChI is InChI=1S/C23H26N2O4S/c1-5-15-25-17(3)16(2)21(30(27,28)18-11-7-6-8-12-18)22(25)24-23(26)19-13-9-10-14-20(19)29-4/h6-14H,5,15H2,1-4H3,(H,24,26). The minimum absolute atomic E-state index is 0.128. The van der Waals surface area contributed by atoms with Gasteiger partial charge in [0.15, 0.2) is 0 Å². The van der Waals surface area contributed by atoms with Crippen molar-refractivity contribution in [3.8, 4) is 5.75 Å². The van der Waals surface area contributed by atoms with Crippen molar-refractivity contribution in [3.63, 3.8) is 0 Å². The van der Waals surface area contributed by atoms with Crippen LogP contribution in [0.1, 0.15) is 35.0 Å². The van der Waals surface area contributed by atoms with E-state index < -0.39 is 15.7 Å². The quantitative estimate of drug-likeness (QED) is 0.599. The Morgan fingerprint density at radius 2 is 1.67 bits per heavy atom. The van der Waals surface area contributed by atoms with Gasteiger partial charge in [0.05, 0.1) is 17.6 Å². The molecule has 1 heterocycles. The molecule has 0 atom stereocenters. The van der Waals surface area contributed by atoms with Crippen LogP contribution < -0.4 is 10.1 Å². The second kappa shape index (κ2) is 8.75. The summed E-state index contributed by atoms with van der Waals surface area (Å²) in [5, 5.41) is 2.86. The van der Waals surface area contributed by atoms with E-state index in [-0.39, 0.29) is 15.6 Å². The Morgan fingerprint density at radius 1 is 1.03 bits per heavy atom. The molecule has 0 unspecified atom stereocenters. The van der Waals surface area contributed by atoms with E-state index in [4.69, 9.17) is 4.74 Å². The smallest absolute Gasteiger partial charge is 0.260 e. The van der Waals surface area contributed by atoms with Gasteiger partial charge in [0.2, 0.25) is 9.84 Å². The van der Waals surface area contributed by atoms with Gasteiger partial charge in [-0.05, 0) is 50.1 Å². The van der Waals surface area contributed by atoms with Gasteiger partial charge in [-0.1, -0.05) is 37.3 Å². The molecule has 3 aromatic rings. The molecule has 30 heavy (non-hydrogen) atoms. The van der Waals surface area contributed by atoms with Crippen LogP contribution in [0.15, 0.2) is 64.4 Å². The Bertz CT molecular complexity index is 1170. The van der Waals surface area contributed by atoms with Crippen molar-refractivity contribution in [3.05, 3.63) is 71.4 Å². The molecule has 6 nitrogen and oxygen atoms in total. The Kier molecular flexibility index (Phi) is 6.31. The number of aromatic nitrogens is 1. The fourth-order valence-electron chi connectivity index (χ4n) is 3.52. The number of anilines is 1. The molecule has 0 saturated carbocycles. The van der Waals surface area contributed by atoms with Crippen LogP contribution in [-0.2, 0) is 16.4 Å². The predicted octanol–water partition coefficient (Wildman–Crippen LogP) is 4.61. The molecule has 2 aromatic carbocycles. The molecule has 1 aromatic heterocycles. The third-order valence-corrected chi connectivity index (χ3v) is 7.06. The van der Waals surface area contributed by atoms with Crippen LogP contribution in [0, 0.1) is 13.8 Å². The summed E-state index contributed by atoms with van der Waals surface area (Å²) in [5.41, 5.74) is 1.77. The van der Waals surface area contributed by atoms with E-state index in [1.54, 1.807) is 61.5 Å². The SMILES string of the molecule is CCCn1c(C)c(C)c(S(=O)(=O)c2ccccc2)c1NC(=O)c1ccccc1OC. The largest absolute Gasteiger partial charge is 0.496 e. The number of amides is 1. The first-order valence-electron chi connectivity index (χ1n) is 9.77. The number of nitrogens with one attached hydrogen (secondary N) is 1. The van der Waals surface area contributed by atoms with E-state index in [0.717, 1.165) is 12.1 Å². The lowest BCUT2D eigenvalue weighted by atomic mass is 10.2. The lowest BCUT2D eigenvalue weighted by Gasteiger charge is -2.15. The zero-order valence-corrected chi connectivity index (χ0v) is 18.4. The van der Waals surface area contributed by atoms with Crippen LogP contribution in [-0.4, -0.2) is 26.0 Å². The Hall–Kier alpha value is -3.06. The number of ether oxygens (including phenoxy) is 1. The highest BCUT2D eigenvalue weighted by molar-refractivity contribution is 7.91. The summed E-state index contributed by atoms with van der Waals surface area (Å²) >= 11 is 0. The number of carbonyl (C=O) groups is 1. The van der Waals surface area contributed by atoms with Gasteiger partial charge in [-0.15, -0.1) is 0 Å². The van der Waals surface area contributed by atoms with Gasteiger partial charge in [0, 0.05) is 12.2 Å². The molecule has 0 aliphatic carbocycles. The van der Waals surface area contributed by atoms with E-state index in [1.165, 1.54) is 7.11 Å². The maximum absolute atomic E-state index is 13.5. The van der Waals surface area contributed by atoms with Crippen LogP contribution in [0.2, 0.25) is 0 Å². The predicted molar refractivity (Wildman–Crippen MR) is 117 cm³/mol. The highest BCUT2D eigenvalue weighted by Crippen LogP contribution is 2.36. The molecule has 0 fully saturated rings. The van der Waals surface area contributed by atoms with Gasteiger partial charge in [0.25, 0.3) is 5.91 Å². The van der Waals surface area contributed by atoms with Crippen molar-refractivity contribution in [2.45, 2.75) is 43.5 Å². The number of benzene rings is 2. The van der Waals surface area contributed by atoms with Crippen molar-refractivity contribution < 1.29 is 17.9 Å². The molecule has 0 radical (unpaired) electrons. The van der Waals surface area contributed by atoms with Gasteiger partial charge in [-0.2, -0.15) is 0 Å². The van der Waals surface area contributed by atoms with Crippen LogP contribution in [0.4, 0.5) is 5.82 Å². The molecule has 7 heteroatoms. The molecular weight excluding hydrogens is 400 g/mol. The van der Waals surface area contributed by atoms with E-state index in [0.29, 0.717) is 23.4 Å². The summed E-state index contributed by atoms with van der Waals surface area (Å²) in [7, 11) is -2.34. The summed E-state index contributed by atoms with van der Waals surface area (Å²) in [6, 6.07) is 15.1. The molecule has 1 amide bonds. The highest BCUT2D eigenvalue weighted by Gasteiger charge is 2.30. The first-order chi connectivity index (χ1) is 14.3. The molecule has 0 bridgehead atoms. The molecule has 0 saturated heterocycles. The van der Waals surface area contributed by atoms with Crippen molar-refractivity contribution in [2.75, 3.05) is 12.4 Å². The third kappa shape index (κ3) is 3.85.